The SMILES string of the molecule is O=C(O)CCCO[C@@H](C[N+](=O)[O-])C(Cl)(Cl)Cl. The number of rotatable bonds is 7. The average molecular weight is 295 g/mol. The van der Waals surface area contributed by atoms with E-state index in [0.717, 1.165) is 0 Å². The molecule has 0 aromatic heterocycles. The van der Waals surface area contributed by atoms with Crippen molar-refractivity contribution < 1.29 is 19.6 Å². The Morgan fingerprint density at radius 1 is 1.50 bits per heavy atom. The first kappa shape index (κ1) is 15.7. The molecular formula is C7H10Cl3NO5. The van der Waals surface area contributed by atoms with Crippen LogP contribution < -0.4 is 0 Å². The smallest absolute Gasteiger partial charge is 0.303 e. The lowest BCUT2D eigenvalue weighted by Gasteiger charge is -2.20. The maximum Gasteiger partial charge on any atom is 0.303 e. The molecule has 1 atom stereocenters. The topological polar surface area (TPSA) is 89.7 Å². The molecule has 9 heteroatoms. The molecule has 0 aromatic carbocycles. The van der Waals surface area contributed by atoms with Gasteiger partial charge in [0.1, 0.15) is 0 Å². The van der Waals surface area contributed by atoms with Gasteiger partial charge >= 0.3 is 5.97 Å². The zero-order valence-corrected chi connectivity index (χ0v) is 10.3. The van der Waals surface area contributed by atoms with Crippen LogP contribution in [0.1, 0.15) is 12.8 Å². The monoisotopic (exact) mass is 293 g/mol. The summed E-state index contributed by atoms with van der Waals surface area (Å²) < 4.78 is 3.06. The molecule has 1 N–H and O–H groups in total. The maximum atomic E-state index is 10.3. The lowest BCUT2D eigenvalue weighted by molar-refractivity contribution is -0.491. The van der Waals surface area contributed by atoms with Crippen LogP contribution in [0.4, 0.5) is 0 Å². The first-order chi connectivity index (χ1) is 7.23. The van der Waals surface area contributed by atoms with E-state index in [0.29, 0.717) is 0 Å². The summed E-state index contributed by atoms with van der Waals surface area (Å²) in [5.74, 6) is -0.983. The lowest BCUT2D eigenvalue weighted by Crippen LogP contribution is -2.36. The molecule has 0 bridgehead atoms. The Hall–Kier alpha value is -0.300. The molecule has 0 rings (SSSR count). The standard InChI is InChI=1S/C7H10Cl3NO5/c8-7(9,10)5(4-11(14)15)16-3-1-2-6(12)13/h5H,1-4H2,(H,12,13)/t5-/m0/s1. The molecule has 0 spiro atoms. The minimum Gasteiger partial charge on any atom is -0.481 e. The lowest BCUT2D eigenvalue weighted by atomic mass is 10.3. The van der Waals surface area contributed by atoms with Crippen LogP contribution in [0.5, 0.6) is 0 Å². The van der Waals surface area contributed by atoms with Gasteiger partial charge in [0.2, 0.25) is 10.3 Å². The molecule has 0 saturated heterocycles. The van der Waals surface area contributed by atoms with Gasteiger partial charge in [0.05, 0.1) is 0 Å². The quantitative estimate of drug-likeness (QED) is 0.335. The fourth-order valence-corrected chi connectivity index (χ4v) is 1.23. The summed E-state index contributed by atoms with van der Waals surface area (Å²) in [4.78, 5) is 19.8. The van der Waals surface area contributed by atoms with Crippen LogP contribution in [0, 0.1) is 10.1 Å². The highest BCUT2D eigenvalue weighted by Gasteiger charge is 2.37. The molecular weight excluding hydrogens is 284 g/mol. The molecule has 0 saturated carbocycles. The number of alkyl halides is 3. The highest BCUT2D eigenvalue weighted by Crippen LogP contribution is 2.32. The van der Waals surface area contributed by atoms with Crippen LogP contribution in [0.2, 0.25) is 0 Å². The van der Waals surface area contributed by atoms with Crippen LogP contribution in [-0.2, 0) is 9.53 Å². The number of carbonyl (C=O) groups is 1. The molecule has 0 fully saturated rings. The number of halogens is 3. The van der Waals surface area contributed by atoms with E-state index in [2.05, 4.69) is 0 Å². The van der Waals surface area contributed by atoms with E-state index < -0.39 is 27.3 Å². The highest BCUT2D eigenvalue weighted by atomic mass is 35.6. The van der Waals surface area contributed by atoms with Gasteiger partial charge in [-0.2, -0.15) is 0 Å². The van der Waals surface area contributed by atoms with Gasteiger partial charge in [-0.3, -0.25) is 14.9 Å². The largest absolute Gasteiger partial charge is 0.481 e. The second kappa shape index (κ2) is 7.11. The minimum atomic E-state index is -1.91. The number of ether oxygens (including phenoxy) is 1. The van der Waals surface area contributed by atoms with Gasteiger partial charge in [-0.25, -0.2) is 0 Å². The zero-order chi connectivity index (χ0) is 12.8. The van der Waals surface area contributed by atoms with E-state index in [1.54, 1.807) is 0 Å². The third kappa shape index (κ3) is 7.92. The molecule has 16 heavy (non-hydrogen) atoms. The van der Waals surface area contributed by atoms with E-state index >= 15 is 0 Å². The second-order valence-electron chi connectivity index (χ2n) is 2.91. The molecule has 0 aliphatic heterocycles. The summed E-state index contributed by atoms with van der Waals surface area (Å²) in [6, 6.07) is 0. The van der Waals surface area contributed by atoms with Crippen molar-refractivity contribution in [3.05, 3.63) is 10.1 Å². The molecule has 0 aromatic rings. The number of aliphatic carboxylic acids is 1. The summed E-state index contributed by atoms with van der Waals surface area (Å²) >= 11 is 16.4. The fraction of sp³-hybridized carbons (Fsp3) is 0.857. The Kier molecular flexibility index (Phi) is 6.98. The van der Waals surface area contributed by atoms with Gasteiger partial charge in [-0.15, -0.1) is 0 Å². The predicted molar refractivity (Wildman–Crippen MR) is 58.8 cm³/mol. The van der Waals surface area contributed by atoms with Crippen molar-refractivity contribution >= 4 is 40.8 Å². The Morgan fingerprint density at radius 2 is 2.06 bits per heavy atom. The summed E-state index contributed by atoms with van der Waals surface area (Å²) in [6.07, 6.45) is -1.10. The van der Waals surface area contributed by atoms with Crippen LogP contribution in [0.25, 0.3) is 0 Å². The Balaban J connectivity index is 4.03. The van der Waals surface area contributed by atoms with Crippen molar-refractivity contribution in [2.75, 3.05) is 13.2 Å². The number of nitro groups is 1. The van der Waals surface area contributed by atoms with Crippen LogP contribution in [0.15, 0.2) is 0 Å². The predicted octanol–water partition coefficient (Wildman–Crippen LogP) is 1.88. The molecule has 0 heterocycles. The van der Waals surface area contributed by atoms with Crippen molar-refractivity contribution in [3.8, 4) is 0 Å². The summed E-state index contributed by atoms with van der Waals surface area (Å²) in [5.41, 5.74) is 0. The van der Waals surface area contributed by atoms with E-state index in [9.17, 15) is 14.9 Å². The third-order valence-corrected chi connectivity index (χ3v) is 2.26. The number of nitrogens with zero attached hydrogens (tertiary/aromatic N) is 1. The zero-order valence-electron chi connectivity index (χ0n) is 8.07. The van der Waals surface area contributed by atoms with Crippen molar-refractivity contribution in [3.63, 3.8) is 0 Å². The number of carboxylic acids is 1. The molecule has 0 unspecified atom stereocenters. The van der Waals surface area contributed by atoms with Crippen molar-refractivity contribution in [1.29, 1.82) is 0 Å². The third-order valence-electron chi connectivity index (χ3n) is 1.53. The molecule has 0 amide bonds. The summed E-state index contributed by atoms with van der Waals surface area (Å²) in [6.45, 7) is -0.664. The van der Waals surface area contributed by atoms with Gasteiger partial charge in [-0.05, 0) is 6.42 Å². The van der Waals surface area contributed by atoms with Gasteiger partial charge < -0.3 is 9.84 Å². The number of carboxylic acid groups (broad SMARTS) is 1. The van der Waals surface area contributed by atoms with Crippen LogP contribution in [0.3, 0.4) is 0 Å². The number of hydrogen-bond donors (Lipinski definition) is 1. The Labute approximate surface area is 107 Å². The minimum absolute atomic E-state index is 0.0152. The van der Waals surface area contributed by atoms with E-state index in [4.69, 9.17) is 44.6 Å². The maximum absolute atomic E-state index is 10.3. The molecule has 0 radical (unpaired) electrons. The van der Waals surface area contributed by atoms with Crippen molar-refractivity contribution in [2.24, 2.45) is 0 Å². The number of hydrogen-bond acceptors (Lipinski definition) is 4. The van der Waals surface area contributed by atoms with E-state index in [1.165, 1.54) is 0 Å². The summed E-state index contributed by atoms with van der Waals surface area (Å²) in [5, 5.41) is 18.6. The average Bonchev–Trinajstić information content (AvgIpc) is 2.07. The Morgan fingerprint density at radius 3 is 2.44 bits per heavy atom. The van der Waals surface area contributed by atoms with Gasteiger partial charge in [0, 0.05) is 18.0 Å². The van der Waals surface area contributed by atoms with Crippen LogP contribution >= 0.6 is 34.8 Å². The Bertz CT molecular complexity index is 255. The van der Waals surface area contributed by atoms with Gasteiger partial charge in [0.15, 0.2) is 6.10 Å². The molecule has 0 aliphatic rings. The van der Waals surface area contributed by atoms with E-state index in [-0.39, 0.29) is 19.4 Å². The fourth-order valence-electron chi connectivity index (χ4n) is 0.835. The molecule has 0 aliphatic carbocycles. The normalized spacial score (nSPS) is 13.4. The summed E-state index contributed by atoms with van der Waals surface area (Å²) in [7, 11) is 0. The van der Waals surface area contributed by atoms with Crippen molar-refractivity contribution in [1.82, 2.24) is 0 Å². The van der Waals surface area contributed by atoms with Crippen molar-refractivity contribution in [2.45, 2.75) is 22.7 Å². The molecule has 6 nitrogen and oxygen atoms in total. The van der Waals surface area contributed by atoms with Gasteiger partial charge in [0.25, 0.3) is 0 Å². The second-order valence-corrected chi connectivity index (χ2v) is 5.28. The first-order valence-electron chi connectivity index (χ1n) is 4.25. The van der Waals surface area contributed by atoms with E-state index in [1.807, 2.05) is 0 Å². The first-order valence-corrected chi connectivity index (χ1v) is 5.38. The van der Waals surface area contributed by atoms with Gasteiger partial charge in [-0.1, -0.05) is 34.8 Å². The van der Waals surface area contributed by atoms with Crippen LogP contribution in [-0.4, -0.2) is 39.0 Å². The highest BCUT2D eigenvalue weighted by molar-refractivity contribution is 6.68. The molecule has 94 valence electrons.